The lowest BCUT2D eigenvalue weighted by Crippen LogP contribution is -2.56. The number of aromatic nitrogens is 2. The molecule has 2 bridgehead atoms. The second-order valence-electron chi connectivity index (χ2n) is 9.42. The summed E-state index contributed by atoms with van der Waals surface area (Å²) in [6.45, 7) is 3.95. The fourth-order valence-corrected chi connectivity index (χ4v) is 5.37. The van der Waals surface area contributed by atoms with Crippen molar-refractivity contribution in [1.82, 2.24) is 20.4 Å². The van der Waals surface area contributed by atoms with Crippen LogP contribution in [0, 0.1) is 28.9 Å². The van der Waals surface area contributed by atoms with E-state index in [0.717, 1.165) is 36.7 Å². The molecule has 5 rings (SSSR count). The number of amides is 1. The van der Waals surface area contributed by atoms with Gasteiger partial charge >= 0.3 is 0 Å². The van der Waals surface area contributed by atoms with Gasteiger partial charge < -0.3 is 15.1 Å². The molecule has 1 aliphatic carbocycles. The summed E-state index contributed by atoms with van der Waals surface area (Å²) in [5, 5.41) is 20.6. The number of benzene rings is 1. The van der Waals surface area contributed by atoms with Crippen LogP contribution in [0.3, 0.4) is 0 Å². The quantitative estimate of drug-likeness (QED) is 0.726. The van der Waals surface area contributed by atoms with Crippen LogP contribution in [0.4, 0.5) is 14.6 Å². The Morgan fingerprint density at radius 2 is 2.03 bits per heavy atom. The third kappa shape index (κ3) is 4.04. The number of carbonyl (C=O) groups is 1. The number of rotatable bonds is 6. The highest BCUT2D eigenvalue weighted by molar-refractivity contribution is 5.77. The van der Waals surface area contributed by atoms with Crippen molar-refractivity contribution in [3.63, 3.8) is 0 Å². The SMILES string of the molecule is C[C@H]1CC2CN(C(=O)CCNC3(c4ccc(F)c(F)c4)CC3)CC1N2c1ccc(C#N)nn1. The van der Waals surface area contributed by atoms with Crippen molar-refractivity contribution in [2.24, 2.45) is 5.92 Å². The Morgan fingerprint density at radius 3 is 2.67 bits per heavy atom. The lowest BCUT2D eigenvalue weighted by Gasteiger charge is -2.42. The van der Waals surface area contributed by atoms with E-state index in [1.807, 2.05) is 17.0 Å². The molecule has 2 aromatic rings. The minimum Gasteiger partial charge on any atom is -0.345 e. The van der Waals surface area contributed by atoms with Gasteiger partial charge in [0.2, 0.25) is 5.91 Å². The summed E-state index contributed by atoms with van der Waals surface area (Å²) < 4.78 is 26.9. The van der Waals surface area contributed by atoms with Gasteiger partial charge in [-0.1, -0.05) is 13.0 Å². The van der Waals surface area contributed by atoms with Gasteiger partial charge in [0, 0.05) is 37.6 Å². The van der Waals surface area contributed by atoms with Crippen LogP contribution in [0.5, 0.6) is 0 Å². The van der Waals surface area contributed by atoms with Crippen LogP contribution < -0.4 is 10.2 Å². The molecule has 7 nitrogen and oxygen atoms in total. The summed E-state index contributed by atoms with van der Waals surface area (Å²) in [6, 6.07) is 9.87. The zero-order chi connectivity index (χ0) is 23.2. The predicted molar refractivity (Wildman–Crippen MR) is 117 cm³/mol. The number of carbonyl (C=O) groups excluding carboxylic acids is 1. The highest BCUT2D eigenvalue weighted by Crippen LogP contribution is 2.45. The molecule has 1 N–H and O–H groups in total. The van der Waals surface area contributed by atoms with E-state index in [2.05, 4.69) is 27.3 Å². The zero-order valence-electron chi connectivity index (χ0n) is 18.5. The maximum Gasteiger partial charge on any atom is 0.223 e. The van der Waals surface area contributed by atoms with Gasteiger partial charge in [-0.05, 0) is 55.0 Å². The number of halogens is 2. The van der Waals surface area contributed by atoms with E-state index in [1.54, 1.807) is 12.1 Å². The molecule has 1 aromatic heterocycles. The number of nitriles is 1. The standard InChI is InChI=1S/C24H26F2N6O/c1-15-10-18-13-31(14-21(15)32(18)22-5-3-17(12-27)29-30-22)23(33)6-9-28-24(7-8-24)16-2-4-19(25)20(26)11-16/h2-5,11,15,18,21,28H,6-10,13-14H2,1H3/t15-,18?,21?/m0/s1. The average molecular weight is 453 g/mol. The molecule has 1 aromatic carbocycles. The molecule has 2 aliphatic heterocycles. The Morgan fingerprint density at radius 1 is 1.21 bits per heavy atom. The van der Waals surface area contributed by atoms with E-state index in [-0.39, 0.29) is 29.2 Å². The maximum absolute atomic E-state index is 13.6. The fraction of sp³-hybridized carbons (Fsp3) is 0.500. The molecule has 3 atom stereocenters. The van der Waals surface area contributed by atoms with Crippen molar-refractivity contribution in [2.45, 2.75) is 50.2 Å². The molecule has 3 fully saturated rings. The van der Waals surface area contributed by atoms with Gasteiger partial charge in [0.15, 0.2) is 23.1 Å². The van der Waals surface area contributed by atoms with Crippen molar-refractivity contribution in [2.75, 3.05) is 24.5 Å². The van der Waals surface area contributed by atoms with Crippen molar-refractivity contribution in [3.8, 4) is 6.07 Å². The smallest absolute Gasteiger partial charge is 0.223 e. The summed E-state index contributed by atoms with van der Waals surface area (Å²) in [5.74, 6) is -0.417. The molecule has 0 spiro atoms. The number of nitrogens with one attached hydrogen (secondary N) is 1. The third-order valence-electron chi connectivity index (χ3n) is 7.30. The van der Waals surface area contributed by atoms with Gasteiger partial charge in [0.1, 0.15) is 6.07 Å². The summed E-state index contributed by atoms with van der Waals surface area (Å²) in [5.41, 5.74) is 0.671. The first-order valence-electron chi connectivity index (χ1n) is 11.4. The predicted octanol–water partition coefficient (Wildman–Crippen LogP) is 2.72. The third-order valence-corrected chi connectivity index (χ3v) is 7.30. The van der Waals surface area contributed by atoms with Crippen LogP contribution in [0.1, 0.15) is 43.9 Å². The fourth-order valence-electron chi connectivity index (χ4n) is 5.37. The van der Waals surface area contributed by atoms with Crippen LogP contribution >= 0.6 is 0 Å². The van der Waals surface area contributed by atoms with Crippen molar-refractivity contribution in [3.05, 3.63) is 53.2 Å². The number of nitrogens with zero attached hydrogens (tertiary/aromatic N) is 5. The molecule has 2 unspecified atom stereocenters. The van der Waals surface area contributed by atoms with Gasteiger partial charge in [-0.25, -0.2) is 8.78 Å². The van der Waals surface area contributed by atoms with Crippen molar-refractivity contribution >= 4 is 11.7 Å². The molecule has 3 aliphatic rings. The van der Waals surface area contributed by atoms with Crippen LogP contribution in [-0.2, 0) is 10.3 Å². The lowest BCUT2D eigenvalue weighted by atomic mass is 10.0. The first-order valence-corrected chi connectivity index (χ1v) is 11.4. The zero-order valence-corrected chi connectivity index (χ0v) is 18.5. The van der Waals surface area contributed by atoms with E-state index >= 15 is 0 Å². The number of fused-ring (bicyclic) bond motifs is 2. The van der Waals surface area contributed by atoms with E-state index in [1.165, 1.54) is 6.07 Å². The first kappa shape index (κ1) is 21.7. The Balaban J connectivity index is 1.19. The van der Waals surface area contributed by atoms with Gasteiger partial charge in [0.05, 0.1) is 6.04 Å². The number of hydrogen-bond acceptors (Lipinski definition) is 6. The molecular formula is C24H26F2N6O. The maximum atomic E-state index is 13.6. The number of hydrogen-bond donors (Lipinski definition) is 1. The Kier molecular flexibility index (Phi) is 5.49. The molecule has 172 valence electrons. The monoisotopic (exact) mass is 452 g/mol. The van der Waals surface area contributed by atoms with Gasteiger partial charge in [-0.3, -0.25) is 4.79 Å². The molecule has 1 amide bonds. The Labute approximate surface area is 191 Å². The van der Waals surface area contributed by atoms with E-state index < -0.39 is 11.6 Å². The first-order chi connectivity index (χ1) is 15.9. The molecular weight excluding hydrogens is 426 g/mol. The molecule has 33 heavy (non-hydrogen) atoms. The molecule has 3 heterocycles. The van der Waals surface area contributed by atoms with Gasteiger partial charge in [0.25, 0.3) is 0 Å². The molecule has 9 heteroatoms. The van der Waals surface area contributed by atoms with Crippen LogP contribution in [-0.4, -0.2) is 52.7 Å². The summed E-state index contributed by atoms with van der Waals surface area (Å²) in [4.78, 5) is 17.2. The number of likely N-dealkylation sites (tertiary alicyclic amines) is 1. The van der Waals surface area contributed by atoms with Crippen LogP contribution in [0.2, 0.25) is 0 Å². The van der Waals surface area contributed by atoms with Crippen LogP contribution in [0.15, 0.2) is 30.3 Å². The number of anilines is 1. The largest absolute Gasteiger partial charge is 0.345 e. The highest BCUT2D eigenvalue weighted by Gasteiger charge is 2.47. The molecule has 2 saturated heterocycles. The Bertz CT molecular complexity index is 1100. The van der Waals surface area contributed by atoms with Crippen molar-refractivity contribution in [1.29, 1.82) is 5.26 Å². The van der Waals surface area contributed by atoms with E-state index in [4.69, 9.17) is 5.26 Å². The minimum atomic E-state index is -0.847. The Hall–Kier alpha value is -3.12. The van der Waals surface area contributed by atoms with Crippen LogP contribution in [0.25, 0.3) is 0 Å². The second-order valence-corrected chi connectivity index (χ2v) is 9.42. The normalized spacial score (nSPS) is 25.1. The van der Waals surface area contributed by atoms with E-state index in [0.29, 0.717) is 32.0 Å². The highest BCUT2D eigenvalue weighted by atomic mass is 19.2. The minimum absolute atomic E-state index is 0.0956. The van der Waals surface area contributed by atoms with Gasteiger partial charge in [-0.2, -0.15) is 5.26 Å². The average Bonchev–Trinajstić information content (AvgIpc) is 3.57. The number of piperazine rings is 1. The summed E-state index contributed by atoms with van der Waals surface area (Å²) in [6.07, 6.45) is 3.03. The summed E-state index contributed by atoms with van der Waals surface area (Å²) in [7, 11) is 0. The molecule has 1 saturated carbocycles. The van der Waals surface area contributed by atoms with Crippen molar-refractivity contribution < 1.29 is 13.6 Å². The topological polar surface area (TPSA) is 85.2 Å². The second kappa shape index (κ2) is 8.34. The summed E-state index contributed by atoms with van der Waals surface area (Å²) >= 11 is 0. The van der Waals surface area contributed by atoms with E-state index in [9.17, 15) is 13.6 Å². The molecule has 0 radical (unpaired) electrons. The van der Waals surface area contributed by atoms with Gasteiger partial charge in [-0.15, -0.1) is 10.2 Å². The lowest BCUT2D eigenvalue weighted by molar-refractivity contribution is -0.132.